The fourth-order valence-electron chi connectivity index (χ4n) is 3.07. The van der Waals surface area contributed by atoms with Crippen LogP contribution in [0.4, 0.5) is 4.39 Å². The molecular weight excluding hydrogens is 463 g/mol. The van der Waals surface area contributed by atoms with Gasteiger partial charge in [-0.2, -0.15) is 4.31 Å². The van der Waals surface area contributed by atoms with Crippen LogP contribution in [0.1, 0.15) is 23.2 Å². The number of para-hydroxylation sites is 1. The van der Waals surface area contributed by atoms with Gasteiger partial charge in [0.15, 0.2) is 11.6 Å². The molecule has 156 valence electrons. The molecule has 0 aliphatic carbocycles. The first kappa shape index (κ1) is 21.7. The number of likely N-dealkylation sites (N-methyl/N-ethyl adjacent to an activating group) is 1. The second kappa shape index (κ2) is 9.23. The lowest BCUT2D eigenvalue weighted by molar-refractivity contribution is 0.0771. The Morgan fingerprint density at radius 1 is 1.21 bits per heavy atom. The largest absolute Gasteiger partial charge is 0.489 e. The zero-order valence-electron chi connectivity index (χ0n) is 16.0. The Morgan fingerprint density at radius 2 is 1.90 bits per heavy atom. The maximum Gasteiger partial charge on any atom is 0.254 e. The molecule has 0 N–H and O–H groups in total. The molecule has 0 atom stereocenters. The molecule has 1 aliphatic rings. The average Bonchev–Trinajstić information content (AvgIpc) is 3.25. The number of benzene rings is 2. The molecule has 2 aromatic rings. The first-order chi connectivity index (χ1) is 13.8. The summed E-state index contributed by atoms with van der Waals surface area (Å²) < 4.78 is 46.5. The van der Waals surface area contributed by atoms with Crippen molar-refractivity contribution in [2.45, 2.75) is 17.7 Å². The van der Waals surface area contributed by atoms with Crippen LogP contribution >= 0.6 is 15.9 Å². The first-order valence-corrected chi connectivity index (χ1v) is 11.5. The maximum absolute atomic E-state index is 13.6. The van der Waals surface area contributed by atoms with E-state index in [-0.39, 0.29) is 35.3 Å². The van der Waals surface area contributed by atoms with Gasteiger partial charge in [0.1, 0.15) is 6.61 Å². The van der Waals surface area contributed by atoms with E-state index in [4.69, 9.17) is 4.74 Å². The van der Waals surface area contributed by atoms with Gasteiger partial charge in [-0.25, -0.2) is 12.8 Å². The van der Waals surface area contributed by atoms with Gasteiger partial charge in [-0.1, -0.05) is 12.1 Å². The van der Waals surface area contributed by atoms with E-state index in [1.165, 1.54) is 33.5 Å². The lowest BCUT2D eigenvalue weighted by Crippen LogP contribution is -2.32. The van der Waals surface area contributed by atoms with Crippen LogP contribution in [-0.2, 0) is 10.0 Å². The van der Waals surface area contributed by atoms with Gasteiger partial charge in [-0.3, -0.25) is 4.79 Å². The monoisotopic (exact) mass is 484 g/mol. The van der Waals surface area contributed by atoms with Gasteiger partial charge >= 0.3 is 0 Å². The summed E-state index contributed by atoms with van der Waals surface area (Å²) in [6.45, 7) is 1.30. The van der Waals surface area contributed by atoms with E-state index in [2.05, 4.69) is 15.9 Å². The molecule has 1 saturated heterocycles. The molecule has 9 heteroatoms. The fourth-order valence-corrected chi connectivity index (χ4v) is 5.03. The summed E-state index contributed by atoms with van der Waals surface area (Å²) in [7, 11) is -2.04. The van der Waals surface area contributed by atoms with E-state index in [1.54, 1.807) is 25.2 Å². The molecule has 0 bridgehead atoms. The highest BCUT2D eigenvalue weighted by Gasteiger charge is 2.28. The van der Waals surface area contributed by atoms with Gasteiger partial charge < -0.3 is 9.64 Å². The molecule has 1 aliphatic heterocycles. The maximum atomic E-state index is 13.6. The number of hydrogen-bond acceptors (Lipinski definition) is 4. The number of carbonyl (C=O) groups is 1. The van der Waals surface area contributed by atoms with Crippen LogP contribution in [-0.4, -0.2) is 56.8 Å². The van der Waals surface area contributed by atoms with Crippen LogP contribution in [0.25, 0.3) is 0 Å². The number of sulfonamides is 1. The molecule has 0 aromatic heterocycles. The van der Waals surface area contributed by atoms with E-state index < -0.39 is 15.8 Å². The highest BCUT2D eigenvalue weighted by Crippen LogP contribution is 2.26. The van der Waals surface area contributed by atoms with Crippen molar-refractivity contribution < 1.29 is 22.3 Å². The molecule has 29 heavy (non-hydrogen) atoms. The molecule has 6 nitrogen and oxygen atoms in total. The summed E-state index contributed by atoms with van der Waals surface area (Å²) in [5.41, 5.74) is 0.249. The normalized spacial score (nSPS) is 14.7. The Balaban J connectivity index is 1.70. The Morgan fingerprint density at radius 3 is 2.59 bits per heavy atom. The molecule has 0 radical (unpaired) electrons. The van der Waals surface area contributed by atoms with Gasteiger partial charge in [-0.15, -0.1) is 0 Å². The average molecular weight is 485 g/mol. The first-order valence-electron chi connectivity index (χ1n) is 9.23. The third-order valence-corrected chi connectivity index (χ3v) is 7.32. The van der Waals surface area contributed by atoms with Crippen LogP contribution in [0, 0.1) is 5.82 Å². The van der Waals surface area contributed by atoms with Crippen molar-refractivity contribution in [2.75, 3.05) is 33.3 Å². The van der Waals surface area contributed by atoms with Crippen molar-refractivity contribution >= 4 is 31.9 Å². The summed E-state index contributed by atoms with van der Waals surface area (Å²) in [5.74, 6) is -0.704. The van der Waals surface area contributed by atoms with Gasteiger partial charge in [-0.05, 0) is 59.1 Å². The molecule has 1 amide bonds. The molecule has 2 aromatic carbocycles. The Kier molecular flexibility index (Phi) is 6.92. The van der Waals surface area contributed by atoms with E-state index in [9.17, 15) is 17.6 Å². The summed E-state index contributed by atoms with van der Waals surface area (Å²) in [5, 5.41) is 0. The molecule has 3 rings (SSSR count). The lowest BCUT2D eigenvalue weighted by atomic mass is 10.2. The van der Waals surface area contributed by atoms with E-state index in [0.29, 0.717) is 17.6 Å². The van der Waals surface area contributed by atoms with Crippen LogP contribution in [0.2, 0.25) is 0 Å². The van der Waals surface area contributed by atoms with Crippen molar-refractivity contribution in [1.29, 1.82) is 0 Å². The second-order valence-corrected chi connectivity index (χ2v) is 9.55. The van der Waals surface area contributed by atoms with Gasteiger partial charge in [0.2, 0.25) is 10.0 Å². The van der Waals surface area contributed by atoms with Gasteiger partial charge in [0, 0.05) is 24.6 Å². The minimum Gasteiger partial charge on any atom is -0.489 e. The number of rotatable bonds is 7. The number of halogens is 2. The summed E-state index contributed by atoms with van der Waals surface area (Å²) in [6.07, 6.45) is 1.68. The van der Waals surface area contributed by atoms with E-state index in [1.807, 2.05) is 0 Å². The topological polar surface area (TPSA) is 66.9 Å². The van der Waals surface area contributed by atoms with Crippen LogP contribution in [0.15, 0.2) is 51.8 Å². The molecule has 1 fully saturated rings. The molecule has 0 unspecified atom stereocenters. The quantitative estimate of drug-likeness (QED) is 0.602. The third-order valence-electron chi connectivity index (χ3n) is 4.74. The van der Waals surface area contributed by atoms with Crippen molar-refractivity contribution in [3.8, 4) is 5.75 Å². The van der Waals surface area contributed by atoms with Crippen molar-refractivity contribution in [2.24, 2.45) is 0 Å². The van der Waals surface area contributed by atoms with Gasteiger partial charge in [0.05, 0.1) is 17.0 Å². The fraction of sp³-hybridized carbons (Fsp3) is 0.350. The highest BCUT2D eigenvalue weighted by molar-refractivity contribution is 9.10. The molecule has 0 spiro atoms. The number of amides is 1. The highest BCUT2D eigenvalue weighted by atomic mass is 79.9. The molecular formula is C20H22BrFN2O4S. The van der Waals surface area contributed by atoms with E-state index in [0.717, 1.165) is 12.8 Å². The number of ether oxygens (including phenoxy) is 1. The minimum atomic E-state index is -3.62. The van der Waals surface area contributed by atoms with Gasteiger partial charge in [0.25, 0.3) is 5.91 Å². The smallest absolute Gasteiger partial charge is 0.254 e. The lowest BCUT2D eigenvalue weighted by Gasteiger charge is -2.20. The van der Waals surface area contributed by atoms with E-state index >= 15 is 0 Å². The zero-order chi connectivity index (χ0) is 21.0. The number of nitrogens with zero attached hydrogens (tertiary/aromatic N) is 2. The summed E-state index contributed by atoms with van der Waals surface area (Å²) in [6, 6.07) is 10.5. The minimum absolute atomic E-state index is 0.0990. The Hall–Kier alpha value is -1.97. The standard InChI is InChI=1S/C20H22BrFN2O4S/c1-23(12-13-28-19-7-3-2-6-18(19)22)20(25)16-14-15(8-9-17(16)21)29(26,27)24-10-4-5-11-24/h2-3,6-9,14H,4-5,10-13H2,1H3. The predicted molar refractivity (Wildman–Crippen MR) is 111 cm³/mol. The third kappa shape index (κ3) is 4.96. The number of hydrogen-bond donors (Lipinski definition) is 0. The van der Waals surface area contributed by atoms with Crippen molar-refractivity contribution in [3.05, 3.63) is 58.3 Å². The van der Waals surface area contributed by atoms with Crippen LogP contribution in [0.3, 0.4) is 0 Å². The van der Waals surface area contributed by atoms with Crippen LogP contribution in [0.5, 0.6) is 5.75 Å². The van der Waals surface area contributed by atoms with Crippen LogP contribution < -0.4 is 4.74 Å². The summed E-state index contributed by atoms with van der Waals surface area (Å²) >= 11 is 3.33. The van der Waals surface area contributed by atoms with Crippen molar-refractivity contribution in [1.82, 2.24) is 9.21 Å². The van der Waals surface area contributed by atoms with Crippen molar-refractivity contribution in [3.63, 3.8) is 0 Å². The molecule has 0 saturated carbocycles. The second-order valence-electron chi connectivity index (χ2n) is 6.76. The predicted octanol–water partition coefficient (Wildman–Crippen LogP) is 3.52. The molecule has 1 heterocycles. The zero-order valence-corrected chi connectivity index (χ0v) is 18.4. The Labute approximate surface area is 178 Å². The Bertz CT molecular complexity index is 994. The SMILES string of the molecule is CN(CCOc1ccccc1F)C(=O)c1cc(S(=O)(=O)N2CCCC2)ccc1Br. The number of carbonyl (C=O) groups excluding carboxylic acids is 1. The summed E-state index contributed by atoms with van der Waals surface area (Å²) in [4.78, 5) is 14.3.